The van der Waals surface area contributed by atoms with Crippen molar-refractivity contribution in [3.05, 3.63) is 52.5 Å². The summed E-state index contributed by atoms with van der Waals surface area (Å²) in [4.78, 5) is 27.9. The number of nitrogens with one attached hydrogen (secondary N) is 1. The molecule has 0 unspecified atom stereocenters. The number of benzene rings is 2. The van der Waals surface area contributed by atoms with Crippen molar-refractivity contribution in [1.82, 2.24) is 10.2 Å². The molecule has 1 heterocycles. The van der Waals surface area contributed by atoms with Gasteiger partial charge in [-0.25, -0.2) is 8.42 Å². The second-order valence-corrected chi connectivity index (χ2v) is 11.3. The van der Waals surface area contributed by atoms with Crippen LogP contribution >= 0.6 is 15.9 Å². The molecule has 1 N–H and O–H groups in total. The normalized spacial score (nSPS) is 14.2. The highest BCUT2D eigenvalue weighted by molar-refractivity contribution is 9.10. The smallest absolute Gasteiger partial charge is 0.244 e. The zero-order valence-electron chi connectivity index (χ0n) is 20.2. The Labute approximate surface area is 214 Å². The molecule has 0 bridgehead atoms. The summed E-state index contributed by atoms with van der Waals surface area (Å²) in [5.74, 6) is 0.0765. The van der Waals surface area contributed by atoms with Crippen molar-refractivity contribution in [2.45, 2.75) is 45.8 Å². The van der Waals surface area contributed by atoms with Crippen LogP contribution in [0.1, 0.15) is 32.8 Å². The number of ether oxygens (including phenoxy) is 2. The molecule has 2 aromatic carbocycles. The van der Waals surface area contributed by atoms with Gasteiger partial charge in [-0.1, -0.05) is 35.0 Å². The van der Waals surface area contributed by atoms with Crippen LogP contribution in [0.3, 0.4) is 0 Å². The van der Waals surface area contributed by atoms with E-state index in [2.05, 4.69) is 21.2 Å². The number of nitrogens with zero attached hydrogens (tertiary/aromatic N) is 2. The summed E-state index contributed by atoms with van der Waals surface area (Å²) >= 11 is 3.43. The molecule has 1 aliphatic heterocycles. The molecule has 2 amide bonds. The number of hydrogen-bond acceptors (Lipinski definition) is 6. The highest BCUT2D eigenvalue weighted by Gasteiger charge is 2.31. The fraction of sp³-hybridized carbons (Fsp3) is 0.417. The van der Waals surface area contributed by atoms with Crippen LogP contribution < -0.4 is 19.1 Å². The average Bonchev–Trinajstić information content (AvgIpc) is 3.27. The standard InChI is InChI=1S/C24H30BrN3O6S/c1-5-16(2)26-24(30)17(3)27(13-18-7-6-8-19(25)11-18)23(29)14-28(35(4,31)32)20-9-10-21-22(12-20)34-15-33-21/h6-12,16-17H,5,13-15H2,1-4H3,(H,26,30)/t16-,17-/m0/s1. The zero-order valence-corrected chi connectivity index (χ0v) is 22.6. The molecule has 190 valence electrons. The number of rotatable bonds is 10. The highest BCUT2D eigenvalue weighted by Crippen LogP contribution is 2.36. The lowest BCUT2D eigenvalue weighted by Crippen LogP contribution is -2.52. The van der Waals surface area contributed by atoms with Crippen LogP contribution in [-0.4, -0.2) is 56.8 Å². The lowest BCUT2D eigenvalue weighted by molar-refractivity contribution is -0.139. The van der Waals surface area contributed by atoms with Gasteiger partial charge in [0.1, 0.15) is 12.6 Å². The number of carbonyl (C=O) groups excluding carboxylic acids is 2. The van der Waals surface area contributed by atoms with Gasteiger partial charge < -0.3 is 19.7 Å². The lowest BCUT2D eigenvalue weighted by atomic mass is 10.1. The van der Waals surface area contributed by atoms with Crippen LogP contribution in [-0.2, 0) is 26.2 Å². The van der Waals surface area contributed by atoms with Crippen molar-refractivity contribution < 1.29 is 27.5 Å². The number of sulfonamides is 1. The average molecular weight is 568 g/mol. The van der Waals surface area contributed by atoms with Crippen LogP contribution in [0.15, 0.2) is 46.9 Å². The summed E-state index contributed by atoms with van der Waals surface area (Å²) in [7, 11) is -3.83. The number of hydrogen-bond donors (Lipinski definition) is 1. The maximum Gasteiger partial charge on any atom is 0.244 e. The minimum Gasteiger partial charge on any atom is -0.454 e. The molecule has 0 aliphatic carbocycles. The van der Waals surface area contributed by atoms with Gasteiger partial charge in [-0.05, 0) is 50.1 Å². The van der Waals surface area contributed by atoms with Crippen molar-refractivity contribution in [3.63, 3.8) is 0 Å². The van der Waals surface area contributed by atoms with Crippen molar-refractivity contribution in [1.29, 1.82) is 0 Å². The van der Waals surface area contributed by atoms with E-state index >= 15 is 0 Å². The molecule has 2 atom stereocenters. The Bertz CT molecular complexity index is 1190. The van der Waals surface area contributed by atoms with Crippen LogP contribution in [0.2, 0.25) is 0 Å². The molecule has 9 nitrogen and oxygen atoms in total. The van der Waals surface area contributed by atoms with E-state index in [9.17, 15) is 18.0 Å². The molecule has 11 heteroatoms. The van der Waals surface area contributed by atoms with Crippen LogP contribution in [0.4, 0.5) is 5.69 Å². The molecule has 0 spiro atoms. The first-order valence-electron chi connectivity index (χ1n) is 11.2. The Morgan fingerprint density at radius 1 is 1.11 bits per heavy atom. The molecular weight excluding hydrogens is 538 g/mol. The third kappa shape index (κ3) is 6.88. The summed E-state index contributed by atoms with van der Waals surface area (Å²) in [5.41, 5.74) is 1.06. The summed E-state index contributed by atoms with van der Waals surface area (Å²) in [5, 5.41) is 2.90. The largest absolute Gasteiger partial charge is 0.454 e. The molecule has 3 rings (SSSR count). The summed E-state index contributed by atoms with van der Waals surface area (Å²) in [6, 6.07) is 11.2. The van der Waals surface area contributed by atoms with Crippen molar-refractivity contribution >= 4 is 43.5 Å². The number of fused-ring (bicyclic) bond motifs is 1. The van der Waals surface area contributed by atoms with E-state index in [1.807, 2.05) is 38.1 Å². The van der Waals surface area contributed by atoms with Gasteiger partial charge >= 0.3 is 0 Å². The van der Waals surface area contributed by atoms with E-state index in [0.29, 0.717) is 11.5 Å². The van der Waals surface area contributed by atoms with Crippen molar-refractivity contribution in [2.75, 3.05) is 23.9 Å². The molecule has 0 aromatic heterocycles. The monoisotopic (exact) mass is 567 g/mol. The van der Waals surface area contributed by atoms with Gasteiger partial charge in [0, 0.05) is 23.1 Å². The first kappa shape index (κ1) is 26.8. The topological polar surface area (TPSA) is 105 Å². The lowest BCUT2D eigenvalue weighted by Gasteiger charge is -2.32. The third-order valence-electron chi connectivity index (χ3n) is 5.73. The predicted molar refractivity (Wildman–Crippen MR) is 137 cm³/mol. The van der Waals surface area contributed by atoms with Gasteiger partial charge in [-0.3, -0.25) is 13.9 Å². The Morgan fingerprint density at radius 3 is 2.49 bits per heavy atom. The third-order valence-corrected chi connectivity index (χ3v) is 7.37. The molecule has 0 saturated carbocycles. The second kappa shape index (κ2) is 11.3. The fourth-order valence-corrected chi connectivity index (χ4v) is 4.82. The quantitative estimate of drug-likeness (QED) is 0.472. The van der Waals surface area contributed by atoms with E-state index in [4.69, 9.17) is 9.47 Å². The van der Waals surface area contributed by atoms with E-state index in [1.54, 1.807) is 19.1 Å². The predicted octanol–water partition coefficient (Wildman–Crippen LogP) is 3.28. The minimum atomic E-state index is -3.83. The van der Waals surface area contributed by atoms with E-state index in [1.165, 1.54) is 11.0 Å². The van der Waals surface area contributed by atoms with Gasteiger partial charge in [-0.2, -0.15) is 0 Å². The summed E-state index contributed by atoms with van der Waals surface area (Å²) < 4.78 is 37.9. The fourth-order valence-electron chi connectivity index (χ4n) is 3.53. The molecule has 0 saturated heterocycles. The van der Waals surface area contributed by atoms with Crippen molar-refractivity contribution in [3.8, 4) is 11.5 Å². The number of amides is 2. The zero-order chi connectivity index (χ0) is 25.8. The number of halogens is 1. The Morgan fingerprint density at radius 2 is 1.83 bits per heavy atom. The molecule has 0 fully saturated rings. The van der Waals surface area contributed by atoms with Crippen LogP contribution in [0.25, 0.3) is 0 Å². The first-order valence-corrected chi connectivity index (χ1v) is 13.9. The van der Waals surface area contributed by atoms with Gasteiger partial charge in [0.25, 0.3) is 0 Å². The number of carbonyl (C=O) groups is 2. The van der Waals surface area contributed by atoms with Gasteiger partial charge in [0.2, 0.25) is 28.6 Å². The maximum atomic E-state index is 13.6. The summed E-state index contributed by atoms with van der Waals surface area (Å²) in [6.45, 7) is 5.17. The first-order chi connectivity index (χ1) is 16.5. The second-order valence-electron chi connectivity index (χ2n) is 8.45. The van der Waals surface area contributed by atoms with E-state index < -0.39 is 28.5 Å². The molecule has 0 radical (unpaired) electrons. The molecule has 2 aromatic rings. The highest BCUT2D eigenvalue weighted by atomic mass is 79.9. The van der Waals surface area contributed by atoms with E-state index in [0.717, 1.165) is 27.0 Å². The SMILES string of the molecule is CC[C@H](C)NC(=O)[C@H](C)N(Cc1cccc(Br)c1)C(=O)CN(c1ccc2c(c1)OCO2)S(C)(=O)=O. The Balaban J connectivity index is 1.91. The van der Waals surface area contributed by atoms with Gasteiger partial charge in [0.05, 0.1) is 11.9 Å². The Kier molecular flexibility index (Phi) is 8.65. The van der Waals surface area contributed by atoms with E-state index in [-0.39, 0.29) is 31.0 Å². The molecule has 1 aliphatic rings. The maximum absolute atomic E-state index is 13.6. The molecular formula is C24H30BrN3O6S. The van der Waals surface area contributed by atoms with Gasteiger partial charge in [0.15, 0.2) is 11.5 Å². The summed E-state index contributed by atoms with van der Waals surface area (Å²) in [6.07, 6.45) is 1.77. The minimum absolute atomic E-state index is 0.0415. The van der Waals surface area contributed by atoms with Crippen molar-refractivity contribution in [2.24, 2.45) is 0 Å². The Hall–Kier alpha value is -2.79. The number of anilines is 1. The van der Waals surface area contributed by atoms with Crippen LogP contribution in [0, 0.1) is 0 Å². The molecule has 35 heavy (non-hydrogen) atoms. The van der Waals surface area contributed by atoms with Crippen LogP contribution in [0.5, 0.6) is 11.5 Å². The van der Waals surface area contributed by atoms with Gasteiger partial charge in [-0.15, -0.1) is 0 Å².